The van der Waals surface area contributed by atoms with Crippen LogP contribution in [0.2, 0.25) is 0 Å². The van der Waals surface area contributed by atoms with Crippen molar-refractivity contribution in [1.29, 1.82) is 0 Å². The number of rotatable bonds is 50. The van der Waals surface area contributed by atoms with Crippen molar-refractivity contribution in [2.75, 3.05) is 13.2 Å². The van der Waals surface area contributed by atoms with Crippen LogP contribution in [0.3, 0.4) is 0 Å². The van der Waals surface area contributed by atoms with E-state index in [1.165, 1.54) is 19.3 Å². The Morgan fingerprint density at radius 3 is 0.851 bits per heavy atom. The van der Waals surface area contributed by atoms with Gasteiger partial charge in [0.05, 0.1) is 0 Å². The molecule has 1 atom stereocenters. The van der Waals surface area contributed by atoms with Crippen molar-refractivity contribution >= 4 is 17.9 Å². The van der Waals surface area contributed by atoms with Gasteiger partial charge >= 0.3 is 17.9 Å². The summed E-state index contributed by atoms with van der Waals surface area (Å²) in [5.74, 6) is -1.04. The van der Waals surface area contributed by atoms with Gasteiger partial charge in [0, 0.05) is 19.3 Å². The number of hydrogen-bond acceptors (Lipinski definition) is 6. The average molecular weight is 1020 g/mol. The van der Waals surface area contributed by atoms with Crippen LogP contribution in [0.1, 0.15) is 220 Å². The smallest absolute Gasteiger partial charge is 0.306 e. The number of carbonyl (C=O) groups excluding carboxylic acids is 3. The van der Waals surface area contributed by atoms with Crippen molar-refractivity contribution in [2.45, 2.75) is 226 Å². The third-order valence-electron chi connectivity index (χ3n) is 11.4. The molecule has 0 aromatic rings. The number of ether oxygens (including phenoxy) is 3. The van der Waals surface area contributed by atoms with E-state index in [-0.39, 0.29) is 44.0 Å². The molecule has 0 heterocycles. The van der Waals surface area contributed by atoms with Gasteiger partial charge in [0.25, 0.3) is 0 Å². The summed E-state index contributed by atoms with van der Waals surface area (Å²) in [6, 6.07) is 0. The lowest BCUT2D eigenvalue weighted by atomic mass is 10.1. The summed E-state index contributed by atoms with van der Waals surface area (Å²) in [5.41, 5.74) is 0. The average Bonchev–Trinajstić information content (AvgIpc) is 3.40. The third kappa shape index (κ3) is 57.7. The Kier molecular flexibility index (Phi) is 56.1. The van der Waals surface area contributed by atoms with E-state index in [0.717, 1.165) is 148 Å². The highest BCUT2D eigenvalue weighted by molar-refractivity contribution is 5.71. The molecule has 74 heavy (non-hydrogen) atoms. The highest BCUT2D eigenvalue weighted by Crippen LogP contribution is 2.12. The molecule has 0 radical (unpaired) electrons. The maximum atomic E-state index is 12.9. The molecule has 0 aliphatic heterocycles. The molecule has 6 nitrogen and oxygen atoms in total. The van der Waals surface area contributed by atoms with Gasteiger partial charge in [0.2, 0.25) is 0 Å². The first-order valence-electron chi connectivity index (χ1n) is 29.1. The summed E-state index contributed by atoms with van der Waals surface area (Å²) in [5, 5.41) is 0. The number of hydrogen-bond donors (Lipinski definition) is 0. The van der Waals surface area contributed by atoms with Gasteiger partial charge in [0.1, 0.15) is 13.2 Å². The highest BCUT2D eigenvalue weighted by atomic mass is 16.6. The van der Waals surface area contributed by atoms with Gasteiger partial charge in [-0.05, 0) is 148 Å². The van der Waals surface area contributed by atoms with Crippen molar-refractivity contribution in [3.8, 4) is 0 Å². The fraction of sp³-hybridized carbons (Fsp3) is 0.544. The fourth-order valence-electron chi connectivity index (χ4n) is 7.11. The molecule has 0 bridgehead atoms. The van der Waals surface area contributed by atoms with Crippen molar-refractivity contribution in [3.05, 3.63) is 170 Å². The molecule has 0 aromatic carbocycles. The molecule has 0 amide bonds. The van der Waals surface area contributed by atoms with E-state index in [2.05, 4.69) is 191 Å². The largest absolute Gasteiger partial charge is 0.462 e. The third-order valence-corrected chi connectivity index (χ3v) is 11.4. The summed E-state index contributed by atoms with van der Waals surface area (Å²) < 4.78 is 16.8. The van der Waals surface area contributed by atoms with Crippen LogP contribution in [0.5, 0.6) is 0 Å². The second-order valence-electron chi connectivity index (χ2n) is 18.4. The lowest BCUT2D eigenvalue weighted by molar-refractivity contribution is -0.167. The molecule has 0 aliphatic rings. The van der Waals surface area contributed by atoms with Crippen molar-refractivity contribution in [1.82, 2.24) is 0 Å². The molecular formula is C68H104O6. The number of carbonyl (C=O) groups is 3. The van der Waals surface area contributed by atoms with E-state index < -0.39 is 6.10 Å². The van der Waals surface area contributed by atoms with E-state index in [1.54, 1.807) is 0 Å². The zero-order chi connectivity index (χ0) is 53.6. The Bertz CT molecular complexity index is 1740. The van der Waals surface area contributed by atoms with Crippen LogP contribution < -0.4 is 0 Å². The summed E-state index contributed by atoms with van der Waals surface area (Å²) in [6.45, 7) is 6.26. The minimum Gasteiger partial charge on any atom is -0.462 e. The first-order chi connectivity index (χ1) is 36.5. The van der Waals surface area contributed by atoms with Crippen LogP contribution in [0, 0.1) is 0 Å². The zero-order valence-corrected chi connectivity index (χ0v) is 47.0. The summed E-state index contributed by atoms with van der Waals surface area (Å²) >= 11 is 0. The molecule has 6 heteroatoms. The predicted octanol–water partition coefficient (Wildman–Crippen LogP) is 19.9. The Morgan fingerprint density at radius 1 is 0.284 bits per heavy atom. The molecule has 0 fully saturated rings. The van der Waals surface area contributed by atoms with Crippen molar-refractivity contribution in [3.63, 3.8) is 0 Å². The Labute approximate surface area is 453 Å². The minimum absolute atomic E-state index is 0.126. The lowest BCUT2D eigenvalue weighted by Gasteiger charge is -2.18. The summed E-state index contributed by atoms with van der Waals surface area (Å²) in [7, 11) is 0. The maximum absolute atomic E-state index is 12.9. The van der Waals surface area contributed by atoms with E-state index in [4.69, 9.17) is 14.2 Å². The van der Waals surface area contributed by atoms with Gasteiger partial charge in [-0.25, -0.2) is 0 Å². The van der Waals surface area contributed by atoms with Crippen LogP contribution in [-0.2, 0) is 28.6 Å². The normalized spacial score (nSPS) is 13.4. The number of unbranched alkanes of at least 4 members (excludes halogenated alkanes) is 11. The van der Waals surface area contributed by atoms with Crippen LogP contribution in [0.15, 0.2) is 170 Å². The fourth-order valence-corrected chi connectivity index (χ4v) is 7.11. The van der Waals surface area contributed by atoms with Gasteiger partial charge in [-0.3, -0.25) is 14.4 Å². The summed E-state index contributed by atoms with van der Waals surface area (Å²) in [4.78, 5) is 38.2. The lowest BCUT2D eigenvalue weighted by Crippen LogP contribution is -2.30. The molecular weight excluding hydrogens is 913 g/mol. The van der Waals surface area contributed by atoms with Crippen LogP contribution in [-0.4, -0.2) is 37.2 Å². The van der Waals surface area contributed by atoms with E-state index in [1.807, 2.05) is 0 Å². The molecule has 0 N–H and O–H groups in total. The quantitative estimate of drug-likeness (QED) is 0.0261. The van der Waals surface area contributed by atoms with E-state index >= 15 is 0 Å². The number of allylic oxidation sites excluding steroid dienone is 28. The van der Waals surface area contributed by atoms with Crippen LogP contribution >= 0.6 is 0 Å². The van der Waals surface area contributed by atoms with E-state index in [9.17, 15) is 14.4 Å². The zero-order valence-electron chi connectivity index (χ0n) is 47.0. The molecule has 412 valence electrons. The molecule has 0 rings (SSSR count). The standard InChI is InChI=1S/C68H104O6/c1-4-7-10-13-16-19-22-25-28-30-32-34-36-38-40-43-46-49-52-55-58-61-67(70)73-64-65(63-72-66(69)60-57-54-51-48-45-42-27-24-21-18-15-12-9-6-3)74-68(71)62-59-56-53-50-47-44-41-39-37-35-33-31-29-26-23-20-17-14-11-8-5-2/h7-8,10-11,15-20,24-29,32-35,38-41,46-47,49-50,65H,4-6,9,12-14,21-23,30-31,36-37,42-45,48,51-64H2,1-3H3/b10-7-,11-8-,18-15-,19-16-,20-17-,27-24-,28-25-,29-26-,34-32-,35-33-,40-38-,41-39-,49-46-,50-47-. The maximum Gasteiger partial charge on any atom is 0.306 e. The second kappa shape index (κ2) is 60.3. The van der Waals surface area contributed by atoms with Crippen molar-refractivity contribution in [2.24, 2.45) is 0 Å². The minimum atomic E-state index is -0.836. The first kappa shape index (κ1) is 68.8. The molecule has 1 unspecified atom stereocenters. The Hall–Kier alpha value is -5.23. The summed E-state index contributed by atoms with van der Waals surface area (Å²) in [6.07, 6.45) is 89.1. The van der Waals surface area contributed by atoms with Crippen molar-refractivity contribution < 1.29 is 28.6 Å². The molecule has 0 saturated carbocycles. The van der Waals surface area contributed by atoms with E-state index in [0.29, 0.717) is 19.3 Å². The SMILES string of the molecule is CC/C=C\C/C=C\C/C=C\C/C=C\C/C=C\C/C=C\CCCCC(=O)OCC(COC(=O)CCCCCCC/C=C\C/C=C\CCCC)OC(=O)CCCC/C=C\C/C=C\C/C=C\C/C=C\C/C=C\C/C=C\CC. The van der Waals surface area contributed by atoms with Gasteiger partial charge in [-0.15, -0.1) is 0 Å². The van der Waals surface area contributed by atoms with Gasteiger partial charge in [0.15, 0.2) is 6.10 Å². The van der Waals surface area contributed by atoms with Gasteiger partial charge in [-0.1, -0.05) is 223 Å². The predicted molar refractivity (Wildman–Crippen MR) is 320 cm³/mol. The molecule has 0 aliphatic carbocycles. The molecule has 0 saturated heterocycles. The van der Waals surface area contributed by atoms with Gasteiger partial charge < -0.3 is 14.2 Å². The van der Waals surface area contributed by atoms with Gasteiger partial charge in [-0.2, -0.15) is 0 Å². The number of esters is 3. The Morgan fingerprint density at radius 2 is 0.527 bits per heavy atom. The van der Waals surface area contributed by atoms with Crippen LogP contribution in [0.25, 0.3) is 0 Å². The topological polar surface area (TPSA) is 78.9 Å². The monoisotopic (exact) mass is 1020 g/mol. The molecule has 0 spiro atoms. The highest BCUT2D eigenvalue weighted by Gasteiger charge is 2.19. The first-order valence-corrected chi connectivity index (χ1v) is 29.1. The second-order valence-corrected chi connectivity index (χ2v) is 18.4. The Balaban J connectivity index is 4.60. The van der Waals surface area contributed by atoms with Crippen LogP contribution in [0.4, 0.5) is 0 Å². The molecule has 0 aromatic heterocycles.